The average Bonchev–Trinajstić information content (AvgIpc) is 3.11. The van der Waals surface area contributed by atoms with E-state index in [0.717, 1.165) is 39.1 Å². The van der Waals surface area contributed by atoms with Gasteiger partial charge in [-0.1, -0.05) is 24.3 Å². The maximum absolute atomic E-state index is 12.4. The van der Waals surface area contributed by atoms with E-state index < -0.39 is 0 Å². The van der Waals surface area contributed by atoms with Crippen LogP contribution in [-0.4, -0.2) is 52.2 Å². The maximum Gasteiger partial charge on any atom is 0.224 e. The van der Waals surface area contributed by atoms with Crippen molar-refractivity contribution in [2.45, 2.75) is 25.9 Å². The number of carbonyl (C=O) groups excluding carboxylic acids is 1. The molecule has 1 amide bonds. The molecule has 122 valence electrons. The van der Waals surface area contributed by atoms with E-state index in [1.54, 1.807) is 6.20 Å². The summed E-state index contributed by atoms with van der Waals surface area (Å²) in [6, 6.07) is 10.4. The minimum Gasteiger partial charge on any atom is -0.338 e. The molecule has 0 aliphatic carbocycles. The van der Waals surface area contributed by atoms with Crippen LogP contribution in [0.15, 0.2) is 42.7 Å². The van der Waals surface area contributed by atoms with E-state index in [1.165, 1.54) is 11.1 Å². The fourth-order valence-corrected chi connectivity index (χ4v) is 2.97. The number of hydrogen-bond acceptors (Lipinski definition) is 3. The Kier molecular flexibility index (Phi) is 5.08. The molecule has 23 heavy (non-hydrogen) atoms. The predicted molar refractivity (Wildman–Crippen MR) is 89.9 cm³/mol. The van der Waals surface area contributed by atoms with Crippen LogP contribution in [-0.2, 0) is 24.3 Å². The number of fused-ring (bicyclic) bond motifs is 1. The molecule has 1 aliphatic heterocycles. The minimum atomic E-state index is 0.255. The molecule has 0 bridgehead atoms. The van der Waals surface area contributed by atoms with Gasteiger partial charge in [0.05, 0.1) is 6.54 Å². The first-order valence-corrected chi connectivity index (χ1v) is 8.23. The summed E-state index contributed by atoms with van der Waals surface area (Å²) in [5.74, 6) is 0.255. The normalized spacial score (nSPS) is 14.1. The molecule has 1 aromatic carbocycles. The first kappa shape index (κ1) is 15.7. The molecule has 1 aliphatic rings. The number of hydrogen-bond donors (Lipinski definition) is 0. The van der Waals surface area contributed by atoms with Gasteiger partial charge in [0.25, 0.3) is 0 Å². The number of amides is 1. The lowest BCUT2D eigenvalue weighted by Crippen LogP contribution is -2.37. The summed E-state index contributed by atoms with van der Waals surface area (Å²) in [4.78, 5) is 16.6. The number of likely N-dealkylation sites (N-methyl/N-ethyl adjacent to an activating group) is 1. The van der Waals surface area contributed by atoms with Crippen LogP contribution < -0.4 is 0 Å². The lowest BCUT2D eigenvalue weighted by Gasteiger charge is -2.29. The predicted octanol–water partition coefficient (Wildman–Crippen LogP) is 1.79. The van der Waals surface area contributed by atoms with Gasteiger partial charge in [0, 0.05) is 45.0 Å². The zero-order valence-corrected chi connectivity index (χ0v) is 13.7. The molecule has 0 unspecified atom stereocenters. The summed E-state index contributed by atoms with van der Waals surface area (Å²) in [6.07, 6.45) is 5.30. The van der Waals surface area contributed by atoms with Crippen molar-refractivity contribution in [1.29, 1.82) is 0 Å². The average molecular weight is 312 g/mol. The third kappa shape index (κ3) is 4.20. The van der Waals surface area contributed by atoms with Gasteiger partial charge in [-0.3, -0.25) is 9.48 Å². The van der Waals surface area contributed by atoms with Crippen molar-refractivity contribution in [3.63, 3.8) is 0 Å². The van der Waals surface area contributed by atoms with Crippen molar-refractivity contribution in [2.24, 2.45) is 0 Å². The summed E-state index contributed by atoms with van der Waals surface area (Å²) in [7, 11) is 2.06. The summed E-state index contributed by atoms with van der Waals surface area (Å²) in [5, 5.41) is 4.19. The van der Waals surface area contributed by atoms with Gasteiger partial charge >= 0.3 is 0 Å². The molecule has 5 heteroatoms. The molecule has 2 heterocycles. The Hall–Kier alpha value is -2.14. The number of aromatic nitrogens is 2. The van der Waals surface area contributed by atoms with Crippen LogP contribution in [0.3, 0.4) is 0 Å². The molecule has 2 aromatic rings. The fourth-order valence-electron chi connectivity index (χ4n) is 2.97. The van der Waals surface area contributed by atoms with E-state index in [1.807, 2.05) is 21.8 Å². The van der Waals surface area contributed by atoms with Crippen molar-refractivity contribution >= 4 is 5.91 Å². The van der Waals surface area contributed by atoms with E-state index >= 15 is 0 Å². The van der Waals surface area contributed by atoms with E-state index in [4.69, 9.17) is 0 Å². The highest BCUT2D eigenvalue weighted by atomic mass is 16.2. The van der Waals surface area contributed by atoms with Gasteiger partial charge in [-0.15, -0.1) is 0 Å². The molecule has 0 N–H and O–H groups in total. The summed E-state index contributed by atoms with van der Waals surface area (Å²) in [6.45, 7) is 4.14. The van der Waals surface area contributed by atoms with Crippen molar-refractivity contribution in [3.8, 4) is 0 Å². The Bertz CT molecular complexity index is 638. The summed E-state index contributed by atoms with van der Waals surface area (Å²) >= 11 is 0. The molecular weight excluding hydrogens is 288 g/mol. The highest BCUT2D eigenvalue weighted by Crippen LogP contribution is 2.18. The lowest BCUT2D eigenvalue weighted by molar-refractivity contribution is -0.132. The molecule has 3 rings (SSSR count). The van der Waals surface area contributed by atoms with E-state index in [-0.39, 0.29) is 5.91 Å². The molecule has 1 aromatic heterocycles. The molecule has 0 saturated heterocycles. The largest absolute Gasteiger partial charge is 0.338 e. The minimum absolute atomic E-state index is 0.255. The first-order chi connectivity index (χ1) is 11.2. The molecule has 0 saturated carbocycles. The van der Waals surface area contributed by atoms with Gasteiger partial charge in [0.2, 0.25) is 5.91 Å². The molecule has 5 nitrogen and oxygen atoms in total. The van der Waals surface area contributed by atoms with Crippen LogP contribution >= 0.6 is 0 Å². The zero-order chi connectivity index (χ0) is 16.1. The van der Waals surface area contributed by atoms with Crippen LogP contribution in [0.2, 0.25) is 0 Å². The van der Waals surface area contributed by atoms with Gasteiger partial charge in [-0.25, -0.2) is 0 Å². The first-order valence-electron chi connectivity index (χ1n) is 8.23. The monoisotopic (exact) mass is 312 g/mol. The third-order valence-corrected chi connectivity index (χ3v) is 4.46. The van der Waals surface area contributed by atoms with Gasteiger partial charge < -0.3 is 9.80 Å². The van der Waals surface area contributed by atoms with E-state index in [2.05, 4.69) is 41.3 Å². The maximum atomic E-state index is 12.4. The van der Waals surface area contributed by atoms with Crippen molar-refractivity contribution in [3.05, 3.63) is 53.9 Å². The van der Waals surface area contributed by atoms with E-state index in [9.17, 15) is 4.79 Å². The Balaban J connectivity index is 1.43. The van der Waals surface area contributed by atoms with E-state index in [0.29, 0.717) is 6.42 Å². The third-order valence-electron chi connectivity index (χ3n) is 4.46. The number of benzene rings is 1. The van der Waals surface area contributed by atoms with Crippen LogP contribution in [0.4, 0.5) is 0 Å². The van der Waals surface area contributed by atoms with Crippen molar-refractivity contribution in [2.75, 3.05) is 26.7 Å². The van der Waals surface area contributed by atoms with Gasteiger partial charge in [-0.05, 0) is 30.7 Å². The second-order valence-electron chi connectivity index (χ2n) is 6.16. The Morgan fingerprint density at radius 3 is 2.83 bits per heavy atom. The van der Waals surface area contributed by atoms with Gasteiger partial charge in [0.1, 0.15) is 0 Å². The number of carbonyl (C=O) groups is 1. The Morgan fingerprint density at radius 2 is 2.04 bits per heavy atom. The standard InChI is InChI=1S/C18H24N4O/c1-20(13-14-22-10-4-9-19-22)11-8-18(23)21-12-7-16-5-2-3-6-17(16)15-21/h2-6,9-10H,7-8,11-15H2,1H3. The highest BCUT2D eigenvalue weighted by Gasteiger charge is 2.20. The Labute approximate surface area is 137 Å². The Morgan fingerprint density at radius 1 is 1.22 bits per heavy atom. The van der Waals surface area contributed by atoms with Crippen LogP contribution in [0.1, 0.15) is 17.5 Å². The topological polar surface area (TPSA) is 41.4 Å². The second-order valence-corrected chi connectivity index (χ2v) is 6.16. The van der Waals surface area contributed by atoms with Crippen molar-refractivity contribution < 1.29 is 4.79 Å². The number of rotatable bonds is 6. The van der Waals surface area contributed by atoms with Gasteiger partial charge in [0.15, 0.2) is 0 Å². The smallest absolute Gasteiger partial charge is 0.224 e. The summed E-state index contributed by atoms with van der Waals surface area (Å²) < 4.78 is 1.92. The molecule has 0 atom stereocenters. The molecule has 0 radical (unpaired) electrons. The van der Waals surface area contributed by atoms with Gasteiger partial charge in [-0.2, -0.15) is 5.10 Å². The SMILES string of the molecule is CN(CCC(=O)N1CCc2ccccc2C1)CCn1cccn1. The molecular formula is C18H24N4O. The van der Waals surface area contributed by atoms with Crippen LogP contribution in [0, 0.1) is 0 Å². The number of nitrogens with zero attached hydrogens (tertiary/aromatic N) is 4. The quantitative estimate of drug-likeness (QED) is 0.816. The van der Waals surface area contributed by atoms with Crippen molar-refractivity contribution in [1.82, 2.24) is 19.6 Å². The highest BCUT2D eigenvalue weighted by molar-refractivity contribution is 5.76. The molecule has 0 fully saturated rings. The zero-order valence-electron chi connectivity index (χ0n) is 13.7. The molecule has 0 spiro atoms. The second kappa shape index (κ2) is 7.42. The van der Waals surface area contributed by atoms with Crippen LogP contribution in [0.5, 0.6) is 0 Å². The summed E-state index contributed by atoms with van der Waals surface area (Å²) in [5.41, 5.74) is 2.67. The fraction of sp³-hybridized carbons (Fsp3) is 0.444. The lowest BCUT2D eigenvalue weighted by atomic mass is 10.00. The van der Waals surface area contributed by atoms with Crippen LogP contribution in [0.25, 0.3) is 0 Å².